The number of carbonyl (C=O) groups is 1. The first-order chi connectivity index (χ1) is 15.0. The Morgan fingerprint density at radius 1 is 0.968 bits per heavy atom. The average molecular weight is 419 g/mol. The van der Waals surface area contributed by atoms with Gasteiger partial charge in [0, 0.05) is 37.1 Å². The highest BCUT2D eigenvalue weighted by atomic mass is 16.5. The Balaban J connectivity index is 1.30. The third kappa shape index (κ3) is 3.36. The second-order valence-corrected chi connectivity index (χ2v) is 10.0. The van der Waals surface area contributed by atoms with E-state index in [0.29, 0.717) is 23.4 Å². The van der Waals surface area contributed by atoms with Crippen LogP contribution in [0.5, 0.6) is 5.75 Å². The molecule has 5 rings (SSSR count). The summed E-state index contributed by atoms with van der Waals surface area (Å²) in [5.41, 5.74) is 2.59. The molecule has 164 valence electrons. The number of carbonyl (C=O) groups excluding carboxylic acids is 1. The molecule has 3 aliphatic rings. The van der Waals surface area contributed by atoms with Gasteiger partial charge in [-0.1, -0.05) is 42.5 Å². The van der Waals surface area contributed by atoms with Crippen molar-refractivity contribution >= 4 is 5.91 Å². The van der Waals surface area contributed by atoms with E-state index in [0.717, 1.165) is 56.6 Å². The summed E-state index contributed by atoms with van der Waals surface area (Å²) in [6.45, 7) is 7.51. The van der Waals surface area contributed by atoms with E-state index >= 15 is 0 Å². The first-order valence-corrected chi connectivity index (χ1v) is 11.7. The molecule has 1 atom stereocenters. The molecular weight excluding hydrogens is 384 g/mol. The van der Waals surface area contributed by atoms with Gasteiger partial charge >= 0.3 is 0 Å². The van der Waals surface area contributed by atoms with Crippen LogP contribution in [0.4, 0.5) is 0 Å². The van der Waals surface area contributed by atoms with Gasteiger partial charge in [0.05, 0.1) is 12.5 Å². The summed E-state index contributed by atoms with van der Waals surface area (Å²) in [5, 5.41) is 0. The van der Waals surface area contributed by atoms with Crippen molar-refractivity contribution in [2.75, 3.05) is 26.7 Å². The summed E-state index contributed by atoms with van der Waals surface area (Å²) in [5.74, 6) is 1.18. The fourth-order valence-corrected chi connectivity index (χ4v) is 5.99. The van der Waals surface area contributed by atoms with E-state index in [9.17, 15) is 4.79 Å². The molecule has 1 amide bonds. The van der Waals surface area contributed by atoms with Gasteiger partial charge in [-0.05, 0) is 62.8 Å². The summed E-state index contributed by atoms with van der Waals surface area (Å²) < 4.78 is 5.29. The number of hydrogen-bond donors (Lipinski definition) is 0. The smallest absolute Gasteiger partial charge is 0.233 e. The topological polar surface area (TPSA) is 32.8 Å². The Hall–Kier alpha value is -2.33. The maximum atomic E-state index is 13.6. The third-order valence-electron chi connectivity index (χ3n) is 8.04. The predicted octanol–water partition coefficient (Wildman–Crippen LogP) is 4.80. The zero-order valence-electron chi connectivity index (χ0n) is 19.0. The molecule has 2 aromatic carbocycles. The van der Waals surface area contributed by atoms with Crippen LogP contribution < -0.4 is 4.74 Å². The van der Waals surface area contributed by atoms with Crippen LogP contribution >= 0.6 is 0 Å². The zero-order chi connectivity index (χ0) is 21.6. The third-order valence-corrected chi connectivity index (χ3v) is 8.04. The highest BCUT2D eigenvalue weighted by Crippen LogP contribution is 2.57. The van der Waals surface area contributed by atoms with E-state index in [2.05, 4.69) is 66.1 Å². The van der Waals surface area contributed by atoms with Crippen molar-refractivity contribution in [1.82, 2.24) is 9.80 Å². The molecular formula is C27H34N2O2. The zero-order valence-corrected chi connectivity index (χ0v) is 19.0. The first kappa shape index (κ1) is 20.6. The van der Waals surface area contributed by atoms with E-state index in [1.54, 1.807) is 7.11 Å². The molecule has 1 aliphatic carbocycles. The highest BCUT2D eigenvalue weighted by Gasteiger charge is 2.57. The number of amides is 1. The Bertz CT molecular complexity index is 925. The minimum atomic E-state index is -0.292. The van der Waals surface area contributed by atoms with Gasteiger partial charge in [0.2, 0.25) is 5.91 Å². The van der Waals surface area contributed by atoms with Gasteiger partial charge in [-0.25, -0.2) is 0 Å². The minimum Gasteiger partial charge on any atom is -0.497 e. The van der Waals surface area contributed by atoms with Crippen LogP contribution in [0.2, 0.25) is 0 Å². The summed E-state index contributed by atoms with van der Waals surface area (Å²) in [4.78, 5) is 18.3. The SMILES string of the molecule is COc1ccc(C2(C(=O)N3CCC4(CC3)CN(C(C)C)C4c3ccccc3)CC2)cc1. The minimum absolute atomic E-state index is 0.292. The first-order valence-electron chi connectivity index (χ1n) is 11.7. The van der Waals surface area contributed by atoms with E-state index in [1.807, 2.05) is 12.1 Å². The summed E-state index contributed by atoms with van der Waals surface area (Å²) in [6, 6.07) is 20.1. The van der Waals surface area contributed by atoms with E-state index < -0.39 is 0 Å². The molecule has 1 spiro atoms. The van der Waals surface area contributed by atoms with Crippen LogP contribution in [0.25, 0.3) is 0 Å². The van der Waals surface area contributed by atoms with Crippen molar-refractivity contribution in [3.63, 3.8) is 0 Å². The Morgan fingerprint density at radius 3 is 2.16 bits per heavy atom. The molecule has 0 aromatic heterocycles. The monoisotopic (exact) mass is 418 g/mol. The van der Waals surface area contributed by atoms with Gasteiger partial charge in [0.25, 0.3) is 0 Å². The average Bonchev–Trinajstić information content (AvgIpc) is 3.60. The standard InChI is InChI=1S/C27H34N2O2/c1-20(2)29-19-26(24(29)21-7-5-4-6-8-21)15-17-28(18-16-26)25(30)27(13-14-27)22-9-11-23(31-3)12-10-22/h4-12,20,24H,13-19H2,1-3H3. The summed E-state index contributed by atoms with van der Waals surface area (Å²) in [7, 11) is 1.68. The predicted molar refractivity (Wildman–Crippen MR) is 123 cm³/mol. The van der Waals surface area contributed by atoms with Gasteiger partial charge in [0.1, 0.15) is 5.75 Å². The summed E-state index contributed by atoms with van der Waals surface area (Å²) >= 11 is 0. The van der Waals surface area contributed by atoms with Crippen molar-refractivity contribution in [3.8, 4) is 5.75 Å². The van der Waals surface area contributed by atoms with Crippen molar-refractivity contribution in [3.05, 3.63) is 65.7 Å². The number of likely N-dealkylation sites (tertiary alicyclic amines) is 2. The molecule has 0 N–H and O–H groups in total. The molecule has 2 heterocycles. The van der Waals surface area contributed by atoms with Crippen LogP contribution in [0.3, 0.4) is 0 Å². The normalized spacial score (nSPS) is 24.1. The molecule has 31 heavy (non-hydrogen) atoms. The molecule has 2 saturated heterocycles. The van der Waals surface area contributed by atoms with Gasteiger partial charge < -0.3 is 9.64 Å². The maximum Gasteiger partial charge on any atom is 0.233 e. The van der Waals surface area contributed by atoms with Crippen molar-refractivity contribution in [1.29, 1.82) is 0 Å². The number of nitrogens with zero attached hydrogens (tertiary/aromatic N) is 2. The molecule has 2 aromatic rings. The fourth-order valence-electron chi connectivity index (χ4n) is 5.99. The van der Waals surface area contributed by atoms with Gasteiger partial charge in [-0.3, -0.25) is 9.69 Å². The van der Waals surface area contributed by atoms with Crippen LogP contribution in [0.15, 0.2) is 54.6 Å². The molecule has 3 fully saturated rings. The number of methoxy groups -OCH3 is 1. The Kier molecular flexibility index (Phi) is 5.09. The molecule has 0 bridgehead atoms. The second-order valence-electron chi connectivity index (χ2n) is 10.0. The lowest BCUT2D eigenvalue weighted by atomic mass is 9.62. The fraction of sp³-hybridized carbons (Fsp3) is 0.519. The number of piperidine rings is 1. The number of ether oxygens (including phenoxy) is 1. The number of benzene rings is 2. The number of rotatable bonds is 5. The molecule has 4 nitrogen and oxygen atoms in total. The largest absolute Gasteiger partial charge is 0.497 e. The maximum absolute atomic E-state index is 13.6. The van der Waals surface area contributed by atoms with Crippen molar-refractivity contribution in [2.45, 2.75) is 57.0 Å². The summed E-state index contributed by atoms with van der Waals surface area (Å²) in [6.07, 6.45) is 4.13. The van der Waals surface area contributed by atoms with E-state index in [1.165, 1.54) is 5.56 Å². The van der Waals surface area contributed by atoms with Crippen LogP contribution in [0.1, 0.15) is 56.7 Å². The molecule has 2 aliphatic heterocycles. The van der Waals surface area contributed by atoms with Crippen LogP contribution in [-0.2, 0) is 10.2 Å². The van der Waals surface area contributed by atoms with Gasteiger partial charge in [0.15, 0.2) is 0 Å². The van der Waals surface area contributed by atoms with Gasteiger partial charge in [-0.15, -0.1) is 0 Å². The van der Waals surface area contributed by atoms with Crippen molar-refractivity contribution < 1.29 is 9.53 Å². The molecule has 1 saturated carbocycles. The highest BCUT2D eigenvalue weighted by molar-refractivity contribution is 5.91. The lowest BCUT2D eigenvalue weighted by Crippen LogP contribution is -2.64. The quantitative estimate of drug-likeness (QED) is 0.699. The lowest BCUT2D eigenvalue weighted by Gasteiger charge is -2.62. The van der Waals surface area contributed by atoms with Gasteiger partial charge in [-0.2, -0.15) is 0 Å². The van der Waals surface area contributed by atoms with E-state index in [4.69, 9.17) is 4.74 Å². The molecule has 4 heteroatoms. The van der Waals surface area contributed by atoms with Crippen LogP contribution in [0, 0.1) is 5.41 Å². The Morgan fingerprint density at radius 2 is 1.61 bits per heavy atom. The Labute approximate surface area is 186 Å². The lowest BCUT2D eigenvalue weighted by molar-refractivity contribution is -0.149. The number of hydrogen-bond acceptors (Lipinski definition) is 3. The second kappa shape index (κ2) is 7.67. The molecule has 0 radical (unpaired) electrons. The van der Waals surface area contributed by atoms with E-state index in [-0.39, 0.29) is 5.41 Å². The van der Waals surface area contributed by atoms with Crippen molar-refractivity contribution in [2.24, 2.45) is 5.41 Å². The van der Waals surface area contributed by atoms with Crippen LogP contribution in [-0.4, -0.2) is 48.5 Å². The molecule has 1 unspecified atom stereocenters.